The number of H-pyrrole nitrogens is 1. The molecule has 31 heavy (non-hydrogen) atoms. The molecule has 2 aromatic heterocycles. The van der Waals surface area contributed by atoms with Crippen LogP contribution >= 0.6 is 0 Å². The van der Waals surface area contributed by atoms with Crippen LogP contribution in [0.5, 0.6) is 0 Å². The Kier molecular flexibility index (Phi) is 5.26. The minimum absolute atomic E-state index is 0.0480. The summed E-state index contributed by atoms with van der Waals surface area (Å²) in [6.45, 7) is 3.40. The number of nitrogens with zero attached hydrogens (tertiary/aromatic N) is 2. The maximum absolute atomic E-state index is 14.6. The Balaban J connectivity index is 1.44. The quantitative estimate of drug-likeness (QED) is 0.680. The first-order valence-electron chi connectivity index (χ1n) is 10.4. The predicted octanol–water partition coefficient (Wildman–Crippen LogP) is 3.51. The van der Waals surface area contributed by atoms with Gasteiger partial charge in [0.15, 0.2) is 0 Å². The number of morpholine rings is 1. The van der Waals surface area contributed by atoms with Gasteiger partial charge >= 0.3 is 0 Å². The zero-order valence-corrected chi connectivity index (χ0v) is 17.0. The molecule has 2 aliphatic rings. The van der Waals surface area contributed by atoms with Crippen LogP contribution in [0.4, 0.5) is 10.1 Å². The molecule has 158 valence electrons. The van der Waals surface area contributed by atoms with Gasteiger partial charge in [0.1, 0.15) is 5.82 Å². The van der Waals surface area contributed by atoms with E-state index < -0.39 is 0 Å². The summed E-state index contributed by atoms with van der Waals surface area (Å²) in [6.07, 6.45) is 6.11. The largest absolute Gasteiger partial charge is 0.378 e. The van der Waals surface area contributed by atoms with E-state index in [2.05, 4.69) is 20.2 Å². The van der Waals surface area contributed by atoms with Gasteiger partial charge in [-0.1, -0.05) is 6.07 Å². The number of aromatic nitrogens is 2. The molecule has 3 aromatic rings. The lowest BCUT2D eigenvalue weighted by molar-refractivity contribution is 0.0946. The minimum Gasteiger partial charge on any atom is -0.378 e. The number of nitrogens with one attached hydrogen (secondary N) is 2. The van der Waals surface area contributed by atoms with Gasteiger partial charge in [0.05, 0.1) is 24.5 Å². The SMILES string of the molecule is O=C1NCCc2[nH]c(-c3ccnc(C=Cc4c(F)cccc4N4CCOCC4)c3)cc21. The smallest absolute Gasteiger partial charge is 0.253 e. The molecule has 1 fully saturated rings. The number of hydrogen-bond acceptors (Lipinski definition) is 4. The van der Waals surface area contributed by atoms with Gasteiger partial charge in [0.25, 0.3) is 5.91 Å². The van der Waals surface area contributed by atoms with E-state index in [1.807, 2.05) is 30.3 Å². The molecule has 0 aliphatic carbocycles. The number of halogens is 1. The first-order chi connectivity index (χ1) is 15.2. The number of amides is 1. The van der Waals surface area contributed by atoms with E-state index in [-0.39, 0.29) is 11.7 Å². The van der Waals surface area contributed by atoms with Gasteiger partial charge in [-0.2, -0.15) is 0 Å². The Morgan fingerprint density at radius 2 is 2.00 bits per heavy atom. The van der Waals surface area contributed by atoms with Crippen LogP contribution in [0.1, 0.15) is 27.3 Å². The van der Waals surface area contributed by atoms with Crippen molar-refractivity contribution >= 4 is 23.7 Å². The molecule has 5 rings (SSSR count). The fraction of sp³-hybridized carbons (Fsp3) is 0.250. The van der Waals surface area contributed by atoms with Crippen molar-refractivity contribution in [1.82, 2.24) is 15.3 Å². The average Bonchev–Trinajstić information content (AvgIpc) is 3.25. The minimum atomic E-state index is -0.264. The summed E-state index contributed by atoms with van der Waals surface area (Å²) >= 11 is 0. The second-order valence-electron chi connectivity index (χ2n) is 7.66. The molecule has 0 atom stereocenters. The maximum atomic E-state index is 14.6. The summed E-state index contributed by atoms with van der Waals surface area (Å²) in [6, 6.07) is 10.9. The third kappa shape index (κ3) is 3.96. The third-order valence-electron chi connectivity index (χ3n) is 5.70. The number of carbonyl (C=O) groups is 1. The van der Waals surface area contributed by atoms with Crippen molar-refractivity contribution in [2.24, 2.45) is 0 Å². The van der Waals surface area contributed by atoms with Crippen molar-refractivity contribution in [3.63, 3.8) is 0 Å². The molecule has 1 saturated heterocycles. The summed E-state index contributed by atoms with van der Waals surface area (Å²) in [4.78, 5) is 22.0. The van der Waals surface area contributed by atoms with Crippen LogP contribution < -0.4 is 10.2 Å². The zero-order chi connectivity index (χ0) is 21.2. The predicted molar refractivity (Wildman–Crippen MR) is 118 cm³/mol. The Labute approximate surface area is 179 Å². The topological polar surface area (TPSA) is 70.2 Å². The lowest BCUT2D eigenvalue weighted by atomic mass is 10.1. The molecule has 1 aromatic carbocycles. The lowest BCUT2D eigenvalue weighted by Crippen LogP contribution is -2.36. The Morgan fingerprint density at radius 3 is 2.84 bits per heavy atom. The van der Waals surface area contributed by atoms with E-state index in [1.165, 1.54) is 6.07 Å². The Hall–Kier alpha value is -3.45. The van der Waals surface area contributed by atoms with Crippen LogP contribution in [0.25, 0.3) is 23.4 Å². The summed E-state index contributed by atoms with van der Waals surface area (Å²) in [5.74, 6) is -0.312. The molecule has 2 N–H and O–H groups in total. The van der Waals surface area contributed by atoms with Gasteiger partial charge in [0, 0.05) is 60.5 Å². The van der Waals surface area contributed by atoms with Crippen molar-refractivity contribution < 1.29 is 13.9 Å². The maximum Gasteiger partial charge on any atom is 0.253 e. The molecule has 1 amide bonds. The summed E-state index contributed by atoms with van der Waals surface area (Å²) in [5.41, 5.74) is 5.57. The average molecular weight is 418 g/mol. The van der Waals surface area contributed by atoms with Crippen LogP contribution in [0.2, 0.25) is 0 Å². The number of benzene rings is 1. The van der Waals surface area contributed by atoms with Crippen LogP contribution in [0.15, 0.2) is 42.6 Å². The first-order valence-corrected chi connectivity index (χ1v) is 10.4. The summed E-state index contributed by atoms with van der Waals surface area (Å²) < 4.78 is 20.1. The van der Waals surface area contributed by atoms with Crippen LogP contribution in [-0.2, 0) is 11.2 Å². The Bertz CT molecular complexity index is 1150. The zero-order valence-electron chi connectivity index (χ0n) is 17.0. The highest BCUT2D eigenvalue weighted by atomic mass is 19.1. The molecule has 0 unspecified atom stereocenters. The highest BCUT2D eigenvalue weighted by molar-refractivity contribution is 5.97. The number of pyridine rings is 1. The molecule has 0 radical (unpaired) electrons. The van der Waals surface area contributed by atoms with Crippen LogP contribution in [-0.4, -0.2) is 48.7 Å². The van der Waals surface area contributed by atoms with Crippen molar-refractivity contribution in [2.75, 3.05) is 37.7 Å². The number of fused-ring (bicyclic) bond motifs is 1. The normalized spacial score (nSPS) is 16.4. The monoisotopic (exact) mass is 418 g/mol. The van der Waals surface area contributed by atoms with Crippen molar-refractivity contribution in [1.29, 1.82) is 0 Å². The van der Waals surface area contributed by atoms with E-state index in [4.69, 9.17) is 4.74 Å². The number of anilines is 1. The standard InChI is InChI=1S/C24H23FN4O2/c25-20-2-1-3-23(29-10-12-31-13-11-29)18(20)5-4-17-14-16(6-8-26-17)22-15-19-21(28-22)7-9-27-24(19)30/h1-6,8,14-15,28H,7,9-13H2,(H,27,30). The molecule has 4 heterocycles. The molecular weight excluding hydrogens is 395 g/mol. The van der Waals surface area contributed by atoms with Gasteiger partial charge in [-0.05, 0) is 42.5 Å². The Morgan fingerprint density at radius 1 is 1.13 bits per heavy atom. The molecule has 2 aliphatic heterocycles. The third-order valence-corrected chi connectivity index (χ3v) is 5.70. The van der Waals surface area contributed by atoms with E-state index in [9.17, 15) is 9.18 Å². The number of rotatable bonds is 4. The molecule has 6 nitrogen and oxygen atoms in total. The van der Waals surface area contributed by atoms with Crippen molar-refractivity contribution in [2.45, 2.75) is 6.42 Å². The van der Waals surface area contributed by atoms with Crippen LogP contribution in [0, 0.1) is 5.82 Å². The van der Waals surface area contributed by atoms with E-state index >= 15 is 0 Å². The fourth-order valence-electron chi connectivity index (χ4n) is 4.10. The second kappa shape index (κ2) is 8.35. The second-order valence-corrected chi connectivity index (χ2v) is 7.66. The lowest BCUT2D eigenvalue weighted by Gasteiger charge is -2.30. The number of aromatic amines is 1. The summed E-state index contributed by atoms with van der Waals surface area (Å²) in [7, 11) is 0. The van der Waals surface area contributed by atoms with Crippen molar-refractivity contribution in [3.05, 3.63) is 70.9 Å². The molecule has 7 heteroatoms. The molecule has 0 spiro atoms. The number of ether oxygens (including phenoxy) is 1. The van der Waals surface area contributed by atoms with Gasteiger partial charge in [-0.15, -0.1) is 0 Å². The van der Waals surface area contributed by atoms with Gasteiger partial charge in [-0.3, -0.25) is 9.78 Å². The highest BCUT2D eigenvalue weighted by Crippen LogP contribution is 2.27. The van der Waals surface area contributed by atoms with Gasteiger partial charge in [-0.25, -0.2) is 4.39 Å². The molecular formula is C24H23FN4O2. The molecule has 0 bridgehead atoms. The number of hydrogen-bond donors (Lipinski definition) is 2. The van der Waals surface area contributed by atoms with E-state index in [1.54, 1.807) is 18.3 Å². The summed E-state index contributed by atoms with van der Waals surface area (Å²) in [5, 5.41) is 2.86. The highest BCUT2D eigenvalue weighted by Gasteiger charge is 2.20. The molecule has 0 saturated carbocycles. The first kappa shape index (κ1) is 19.5. The van der Waals surface area contributed by atoms with Gasteiger partial charge < -0.3 is 19.9 Å². The van der Waals surface area contributed by atoms with Crippen LogP contribution in [0.3, 0.4) is 0 Å². The fourth-order valence-corrected chi connectivity index (χ4v) is 4.10. The van der Waals surface area contributed by atoms with Gasteiger partial charge in [0.2, 0.25) is 0 Å². The van der Waals surface area contributed by atoms with E-state index in [0.29, 0.717) is 36.6 Å². The van der Waals surface area contributed by atoms with E-state index in [0.717, 1.165) is 42.1 Å². The number of carbonyl (C=O) groups excluding carboxylic acids is 1. The van der Waals surface area contributed by atoms with Crippen molar-refractivity contribution in [3.8, 4) is 11.3 Å².